The number of esters is 1. The maximum atomic E-state index is 11.3. The molecule has 110 valence electrons. The van der Waals surface area contributed by atoms with E-state index in [-0.39, 0.29) is 5.97 Å². The number of hydrogen-bond acceptors (Lipinski definition) is 3. The molecule has 0 amide bonds. The van der Waals surface area contributed by atoms with Gasteiger partial charge in [0.2, 0.25) is 0 Å². The zero-order valence-electron chi connectivity index (χ0n) is 12.8. The molecular weight excluding hydrogens is 250 g/mol. The summed E-state index contributed by atoms with van der Waals surface area (Å²) in [6, 6.07) is 10.2. The Morgan fingerprint density at radius 2 is 1.90 bits per heavy atom. The molecular formula is C17H25NO2. The standard InChI is InChI=1S/C17H25NO2/c1-4-20-17(19)12-8-11-16(14(2)3)18-13-15-9-6-5-7-10-15/h5-7,9-10,14H,4,8,11-13H2,1-3H3. The van der Waals surface area contributed by atoms with Crippen molar-refractivity contribution < 1.29 is 9.53 Å². The van der Waals surface area contributed by atoms with E-state index in [1.54, 1.807) is 0 Å². The Morgan fingerprint density at radius 1 is 1.20 bits per heavy atom. The molecule has 0 saturated heterocycles. The molecule has 1 rings (SSSR count). The Balaban J connectivity index is 2.46. The Morgan fingerprint density at radius 3 is 2.50 bits per heavy atom. The van der Waals surface area contributed by atoms with Crippen molar-refractivity contribution in [2.75, 3.05) is 6.61 Å². The van der Waals surface area contributed by atoms with Crippen LogP contribution < -0.4 is 0 Å². The van der Waals surface area contributed by atoms with Crippen molar-refractivity contribution in [1.82, 2.24) is 0 Å². The first kappa shape index (κ1) is 16.4. The highest BCUT2D eigenvalue weighted by Crippen LogP contribution is 2.10. The quantitative estimate of drug-likeness (QED) is 0.531. The summed E-state index contributed by atoms with van der Waals surface area (Å²) in [5, 5.41) is 0. The molecule has 0 atom stereocenters. The number of ether oxygens (including phenoxy) is 1. The molecule has 0 N–H and O–H groups in total. The monoisotopic (exact) mass is 275 g/mol. The van der Waals surface area contributed by atoms with Crippen LogP contribution in [0.2, 0.25) is 0 Å². The third-order valence-corrected chi connectivity index (χ3v) is 3.09. The minimum absolute atomic E-state index is 0.112. The lowest BCUT2D eigenvalue weighted by Crippen LogP contribution is -2.10. The zero-order valence-corrected chi connectivity index (χ0v) is 12.8. The lowest BCUT2D eigenvalue weighted by molar-refractivity contribution is -0.143. The van der Waals surface area contributed by atoms with E-state index in [0.29, 0.717) is 25.5 Å². The van der Waals surface area contributed by atoms with Crippen LogP contribution in [-0.4, -0.2) is 18.3 Å². The van der Waals surface area contributed by atoms with E-state index in [9.17, 15) is 4.79 Å². The summed E-state index contributed by atoms with van der Waals surface area (Å²) in [5.74, 6) is 0.305. The van der Waals surface area contributed by atoms with Crippen molar-refractivity contribution in [2.45, 2.75) is 46.6 Å². The number of benzene rings is 1. The van der Waals surface area contributed by atoms with E-state index in [2.05, 4.69) is 26.0 Å². The molecule has 0 radical (unpaired) electrons. The molecule has 0 aliphatic rings. The molecule has 0 saturated carbocycles. The second-order valence-corrected chi connectivity index (χ2v) is 5.11. The van der Waals surface area contributed by atoms with E-state index in [1.165, 1.54) is 11.3 Å². The largest absolute Gasteiger partial charge is 0.466 e. The number of hydrogen-bond donors (Lipinski definition) is 0. The van der Waals surface area contributed by atoms with Gasteiger partial charge in [-0.25, -0.2) is 0 Å². The topological polar surface area (TPSA) is 38.7 Å². The van der Waals surface area contributed by atoms with Gasteiger partial charge in [-0.15, -0.1) is 0 Å². The second kappa shape index (κ2) is 9.29. The van der Waals surface area contributed by atoms with E-state index >= 15 is 0 Å². The van der Waals surface area contributed by atoms with Crippen molar-refractivity contribution in [3.63, 3.8) is 0 Å². The number of carbonyl (C=O) groups excluding carboxylic acids is 1. The van der Waals surface area contributed by atoms with Gasteiger partial charge in [-0.1, -0.05) is 44.2 Å². The van der Waals surface area contributed by atoms with Crippen LogP contribution in [0.25, 0.3) is 0 Å². The van der Waals surface area contributed by atoms with Crippen LogP contribution in [0.4, 0.5) is 0 Å². The summed E-state index contributed by atoms with van der Waals surface area (Å²) in [5.41, 5.74) is 2.40. The number of carbonyl (C=O) groups is 1. The fraction of sp³-hybridized carbons (Fsp3) is 0.529. The van der Waals surface area contributed by atoms with Gasteiger partial charge in [-0.3, -0.25) is 9.79 Å². The van der Waals surface area contributed by atoms with Crippen LogP contribution >= 0.6 is 0 Å². The molecule has 0 aliphatic heterocycles. The molecule has 3 heteroatoms. The van der Waals surface area contributed by atoms with Gasteiger partial charge in [-0.05, 0) is 31.2 Å². The van der Waals surface area contributed by atoms with E-state index in [1.807, 2.05) is 25.1 Å². The van der Waals surface area contributed by atoms with Crippen LogP contribution in [0.15, 0.2) is 35.3 Å². The average molecular weight is 275 g/mol. The fourth-order valence-electron chi connectivity index (χ4n) is 1.97. The van der Waals surface area contributed by atoms with Crippen LogP contribution in [-0.2, 0) is 16.1 Å². The van der Waals surface area contributed by atoms with Crippen molar-refractivity contribution in [3.05, 3.63) is 35.9 Å². The van der Waals surface area contributed by atoms with Crippen LogP contribution in [0.3, 0.4) is 0 Å². The Kier molecular flexibility index (Phi) is 7.63. The molecule has 0 fully saturated rings. The first-order valence-electron chi connectivity index (χ1n) is 7.36. The van der Waals surface area contributed by atoms with Crippen molar-refractivity contribution >= 4 is 11.7 Å². The molecule has 1 aromatic carbocycles. The highest BCUT2D eigenvalue weighted by molar-refractivity contribution is 5.86. The number of aliphatic imine (C=N–C) groups is 1. The summed E-state index contributed by atoms with van der Waals surface area (Å²) in [4.78, 5) is 16.0. The van der Waals surface area contributed by atoms with Crippen molar-refractivity contribution in [1.29, 1.82) is 0 Å². The molecule has 0 aromatic heterocycles. The number of rotatable bonds is 8. The maximum Gasteiger partial charge on any atom is 0.305 e. The Labute approximate surface area is 122 Å². The smallest absolute Gasteiger partial charge is 0.305 e. The summed E-state index contributed by atoms with van der Waals surface area (Å²) in [7, 11) is 0. The molecule has 0 bridgehead atoms. The van der Waals surface area contributed by atoms with Crippen molar-refractivity contribution in [2.24, 2.45) is 10.9 Å². The summed E-state index contributed by atoms with van der Waals surface area (Å²) in [6.07, 6.45) is 2.15. The molecule has 1 aromatic rings. The predicted octanol–water partition coefficient (Wildman–Crippen LogP) is 4.02. The molecule has 0 aliphatic carbocycles. The third-order valence-electron chi connectivity index (χ3n) is 3.09. The van der Waals surface area contributed by atoms with Crippen LogP contribution in [0.1, 0.15) is 45.6 Å². The van der Waals surface area contributed by atoms with E-state index < -0.39 is 0 Å². The van der Waals surface area contributed by atoms with E-state index in [4.69, 9.17) is 9.73 Å². The summed E-state index contributed by atoms with van der Waals surface area (Å²) >= 11 is 0. The molecule has 0 spiro atoms. The molecule has 0 heterocycles. The van der Waals surface area contributed by atoms with Gasteiger partial charge in [0, 0.05) is 12.1 Å². The Hall–Kier alpha value is -1.64. The molecule has 3 nitrogen and oxygen atoms in total. The van der Waals surface area contributed by atoms with Gasteiger partial charge in [0.25, 0.3) is 0 Å². The average Bonchev–Trinajstić information content (AvgIpc) is 2.43. The molecule has 0 unspecified atom stereocenters. The minimum Gasteiger partial charge on any atom is -0.466 e. The molecule has 20 heavy (non-hydrogen) atoms. The van der Waals surface area contributed by atoms with Gasteiger partial charge >= 0.3 is 5.97 Å². The lowest BCUT2D eigenvalue weighted by Gasteiger charge is -2.10. The fourth-order valence-corrected chi connectivity index (χ4v) is 1.97. The van der Waals surface area contributed by atoms with Gasteiger partial charge in [0.1, 0.15) is 0 Å². The second-order valence-electron chi connectivity index (χ2n) is 5.11. The normalized spacial score (nSPS) is 11.7. The highest BCUT2D eigenvalue weighted by Gasteiger charge is 2.07. The van der Waals surface area contributed by atoms with Crippen LogP contribution in [0.5, 0.6) is 0 Å². The summed E-state index contributed by atoms with van der Waals surface area (Å²) < 4.78 is 4.93. The maximum absolute atomic E-state index is 11.3. The minimum atomic E-state index is -0.112. The summed E-state index contributed by atoms with van der Waals surface area (Å²) in [6.45, 7) is 7.30. The van der Waals surface area contributed by atoms with E-state index in [0.717, 1.165) is 12.8 Å². The lowest BCUT2D eigenvalue weighted by atomic mass is 10.0. The first-order chi connectivity index (χ1) is 9.63. The predicted molar refractivity (Wildman–Crippen MR) is 82.9 cm³/mol. The van der Waals surface area contributed by atoms with Gasteiger partial charge in [-0.2, -0.15) is 0 Å². The Bertz CT molecular complexity index is 424. The zero-order chi connectivity index (χ0) is 14.8. The van der Waals surface area contributed by atoms with Gasteiger partial charge < -0.3 is 4.74 Å². The van der Waals surface area contributed by atoms with Gasteiger partial charge in [0.05, 0.1) is 13.2 Å². The highest BCUT2D eigenvalue weighted by atomic mass is 16.5. The van der Waals surface area contributed by atoms with Crippen LogP contribution in [0, 0.1) is 5.92 Å². The van der Waals surface area contributed by atoms with Gasteiger partial charge in [0.15, 0.2) is 0 Å². The number of nitrogens with zero attached hydrogens (tertiary/aromatic N) is 1. The SMILES string of the molecule is CCOC(=O)CCCC(=NCc1ccccc1)C(C)C. The third kappa shape index (κ3) is 6.50. The first-order valence-corrected chi connectivity index (χ1v) is 7.36. The van der Waals surface area contributed by atoms with Crippen molar-refractivity contribution in [3.8, 4) is 0 Å².